The van der Waals surface area contributed by atoms with Crippen molar-refractivity contribution in [3.8, 4) is 0 Å². The number of benzene rings is 3. The number of nitrogens with zero attached hydrogens (tertiary/aromatic N) is 1. The first-order chi connectivity index (χ1) is 15.9. The van der Waals surface area contributed by atoms with E-state index >= 15 is 0 Å². The van der Waals surface area contributed by atoms with Crippen molar-refractivity contribution in [2.45, 2.75) is 26.8 Å². The van der Waals surface area contributed by atoms with Gasteiger partial charge in [0.2, 0.25) is 0 Å². The van der Waals surface area contributed by atoms with Crippen LogP contribution < -0.4 is 10.2 Å². The van der Waals surface area contributed by atoms with E-state index in [1.807, 2.05) is 30.3 Å². The molecule has 0 bridgehead atoms. The monoisotopic (exact) mass is 444 g/mol. The highest BCUT2D eigenvalue weighted by Gasteiger charge is 2.20. The van der Waals surface area contributed by atoms with Crippen LogP contribution in [0.5, 0.6) is 0 Å². The Bertz CT molecular complexity index is 1110. The van der Waals surface area contributed by atoms with Gasteiger partial charge in [0, 0.05) is 35.1 Å². The molecule has 0 aliphatic carbocycles. The number of amides is 1. The van der Waals surface area contributed by atoms with Crippen LogP contribution in [0.25, 0.3) is 0 Å². The van der Waals surface area contributed by atoms with Crippen LogP contribution in [0.15, 0.2) is 78.9 Å². The molecule has 3 aromatic rings. The summed E-state index contributed by atoms with van der Waals surface area (Å²) in [6, 6.07) is 23.0. The smallest absolute Gasteiger partial charge is 0.339 e. The summed E-state index contributed by atoms with van der Waals surface area (Å²) in [6.45, 7) is 6.77. The van der Waals surface area contributed by atoms with Crippen molar-refractivity contribution in [2.75, 3.05) is 23.4 Å². The minimum absolute atomic E-state index is 0.122. The maximum Gasteiger partial charge on any atom is 0.339 e. The maximum atomic E-state index is 12.8. The van der Waals surface area contributed by atoms with Gasteiger partial charge in [-0.05, 0) is 51.1 Å². The quantitative estimate of drug-likeness (QED) is 0.373. The van der Waals surface area contributed by atoms with Gasteiger partial charge in [-0.25, -0.2) is 4.79 Å². The van der Waals surface area contributed by atoms with E-state index in [0.29, 0.717) is 17.3 Å². The van der Waals surface area contributed by atoms with Gasteiger partial charge in [-0.3, -0.25) is 9.59 Å². The highest BCUT2D eigenvalue weighted by Crippen LogP contribution is 2.20. The van der Waals surface area contributed by atoms with Crippen molar-refractivity contribution < 1.29 is 19.1 Å². The van der Waals surface area contributed by atoms with Crippen LogP contribution in [0.4, 0.5) is 11.4 Å². The third-order valence-corrected chi connectivity index (χ3v) is 5.21. The normalized spacial score (nSPS) is 10.5. The highest BCUT2D eigenvalue weighted by atomic mass is 16.5. The first kappa shape index (κ1) is 23.7. The van der Waals surface area contributed by atoms with Crippen molar-refractivity contribution in [1.82, 2.24) is 0 Å². The van der Waals surface area contributed by atoms with Gasteiger partial charge in [0.1, 0.15) is 0 Å². The number of hydrogen-bond donors (Lipinski definition) is 1. The number of rotatable bonds is 9. The fourth-order valence-electron chi connectivity index (χ4n) is 3.59. The fourth-order valence-corrected chi connectivity index (χ4v) is 3.59. The Hall–Kier alpha value is -3.93. The fraction of sp³-hybridized carbons (Fsp3) is 0.222. The summed E-state index contributed by atoms with van der Waals surface area (Å²) < 4.78 is 5.19. The zero-order valence-electron chi connectivity index (χ0n) is 19.1. The second-order valence-electron chi connectivity index (χ2n) is 7.79. The van der Waals surface area contributed by atoms with Gasteiger partial charge in [0.05, 0.1) is 5.56 Å². The summed E-state index contributed by atoms with van der Waals surface area (Å²) in [5.74, 6) is -1.47. The molecule has 3 aromatic carbocycles. The van der Waals surface area contributed by atoms with E-state index in [9.17, 15) is 14.4 Å². The van der Waals surface area contributed by atoms with Crippen molar-refractivity contribution in [1.29, 1.82) is 0 Å². The first-order valence-electron chi connectivity index (χ1n) is 10.9. The molecule has 33 heavy (non-hydrogen) atoms. The molecule has 0 aliphatic heterocycles. The lowest BCUT2D eigenvalue weighted by Crippen LogP contribution is -2.30. The van der Waals surface area contributed by atoms with Crippen LogP contribution in [-0.2, 0) is 9.53 Å². The predicted octanol–water partition coefficient (Wildman–Crippen LogP) is 4.95. The summed E-state index contributed by atoms with van der Waals surface area (Å²) in [4.78, 5) is 40.0. The third kappa shape index (κ3) is 6.07. The van der Waals surface area contributed by atoms with E-state index < -0.39 is 18.5 Å². The van der Waals surface area contributed by atoms with Gasteiger partial charge in [-0.1, -0.05) is 48.5 Å². The van der Waals surface area contributed by atoms with Gasteiger partial charge in [-0.15, -0.1) is 0 Å². The minimum atomic E-state index is -0.726. The lowest BCUT2D eigenvalue weighted by molar-refractivity contribution is -0.119. The Morgan fingerprint density at radius 3 is 2.06 bits per heavy atom. The van der Waals surface area contributed by atoms with E-state index in [0.717, 1.165) is 12.2 Å². The van der Waals surface area contributed by atoms with Gasteiger partial charge < -0.3 is 15.0 Å². The summed E-state index contributed by atoms with van der Waals surface area (Å²) in [5.41, 5.74) is 2.50. The molecule has 3 rings (SSSR count). The Kier molecular flexibility index (Phi) is 7.97. The van der Waals surface area contributed by atoms with Crippen LogP contribution >= 0.6 is 0 Å². The lowest BCUT2D eigenvalue weighted by atomic mass is 9.98. The molecule has 0 saturated heterocycles. The molecule has 1 N–H and O–H groups in total. The number of anilines is 2. The largest absolute Gasteiger partial charge is 0.452 e. The zero-order valence-corrected chi connectivity index (χ0v) is 19.1. The number of nitrogens with one attached hydrogen (secondary N) is 1. The van der Waals surface area contributed by atoms with Gasteiger partial charge in [0.15, 0.2) is 12.4 Å². The lowest BCUT2D eigenvalue weighted by Gasteiger charge is -2.27. The van der Waals surface area contributed by atoms with Crippen LogP contribution in [0.1, 0.15) is 47.1 Å². The highest BCUT2D eigenvalue weighted by molar-refractivity contribution is 6.14. The molecule has 170 valence electrons. The number of ether oxygens (including phenoxy) is 1. The summed E-state index contributed by atoms with van der Waals surface area (Å²) in [5, 5.41) is 2.72. The Morgan fingerprint density at radius 2 is 1.45 bits per heavy atom. The zero-order chi connectivity index (χ0) is 23.8. The van der Waals surface area contributed by atoms with Gasteiger partial charge >= 0.3 is 5.97 Å². The van der Waals surface area contributed by atoms with E-state index in [1.165, 1.54) is 6.07 Å². The van der Waals surface area contributed by atoms with Crippen LogP contribution in [0.3, 0.4) is 0 Å². The van der Waals surface area contributed by atoms with E-state index in [4.69, 9.17) is 4.74 Å². The van der Waals surface area contributed by atoms with Gasteiger partial charge in [-0.2, -0.15) is 0 Å². The Balaban J connectivity index is 1.61. The summed E-state index contributed by atoms with van der Waals surface area (Å²) in [7, 11) is 0. The molecule has 1 amide bonds. The minimum Gasteiger partial charge on any atom is -0.452 e. The van der Waals surface area contributed by atoms with Crippen LogP contribution in [-0.4, -0.2) is 36.9 Å². The summed E-state index contributed by atoms with van der Waals surface area (Å²) >= 11 is 0. The van der Waals surface area contributed by atoms with Crippen molar-refractivity contribution in [2.24, 2.45) is 0 Å². The van der Waals surface area contributed by atoms with E-state index in [1.54, 1.807) is 42.5 Å². The number of carbonyl (C=O) groups excluding carboxylic acids is 3. The molecule has 0 atom stereocenters. The topological polar surface area (TPSA) is 75.7 Å². The molecule has 0 heterocycles. The number of carbonyl (C=O) groups is 3. The average Bonchev–Trinajstić information content (AvgIpc) is 2.84. The molecular weight excluding hydrogens is 416 g/mol. The Labute approximate surface area is 194 Å². The van der Waals surface area contributed by atoms with Crippen molar-refractivity contribution >= 4 is 29.0 Å². The molecule has 0 saturated carbocycles. The first-order valence-corrected chi connectivity index (χ1v) is 10.9. The van der Waals surface area contributed by atoms with Crippen molar-refractivity contribution in [3.63, 3.8) is 0 Å². The third-order valence-electron chi connectivity index (χ3n) is 5.21. The van der Waals surface area contributed by atoms with E-state index in [-0.39, 0.29) is 16.9 Å². The molecule has 0 spiro atoms. The molecule has 0 aliphatic rings. The maximum absolute atomic E-state index is 12.8. The van der Waals surface area contributed by atoms with Crippen LogP contribution in [0, 0.1) is 0 Å². The Morgan fingerprint density at radius 1 is 0.848 bits per heavy atom. The molecule has 0 unspecified atom stereocenters. The number of esters is 1. The van der Waals surface area contributed by atoms with Crippen LogP contribution in [0.2, 0.25) is 0 Å². The summed E-state index contributed by atoms with van der Waals surface area (Å²) in [6.07, 6.45) is 0. The standard InChI is InChI=1S/C27H28N2O4/c1-4-29(19(2)3)22-16-14-21(15-17-22)28-25(30)18-33-27(32)24-13-9-8-12-23(24)26(31)20-10-6-5-7-11-20/h5-17,19H,4,18H2,1-3H3,(H,28,30). The molecule has 6 nitrogen and oxygen atoms in total. The predicted molar refractivity (Wildman–Crippen MR) is 130 cm³/mol. The molecular formula is C27H28N2O4. The molecule has 0 aromatic heterocycles. The average molecular weight is 445 g/mol. The number of ketones is 1. The molecule has 0 radical (unpaired) electrons. The molecule has 0 fully saturated rings. The second-order valence-corrected chi connectivity index (χ2v) is 7.79. The van der Waals surface area contributed by atoms with Crippen molar-refractivity contribution in [3.05, 3.63) is 95.6 Å². The van der Waals surface area contributed by atoms with Gasteiger partial charge in [0.25, 0.3) is 5.91 Å². The number of hydrogen-bond acceptors (Lipinski definition) is 5. The molecule has 6 heteroatoms. The second kappa shape index (κ2) is 11.1. The SMILES string of the molecule is CCN(c1ccc(NC(=O)COC(=O)c2ccccc2C(=O)c2ccccc2)cc1)C(C)C. The van der Waals surface area contributed by atoms with E-state index in [2.05, 4.69) is 31.0 Å².